The minimum Gasteiger partial charge on any atom is -0.457 e. The van der Waals surface area contributed by atoms with Gasteiger partial charge in [-0.1, -0.05) is 51.1 Å². The van der Waals surface area contributed by atoms with Crippen LogP contribution in [0.15, 0.2) is 54.6 Å². The highest BCUT2D eigenvalue weighted by Crippen LogP contribution is 2.25. The number of benzene rings is 2. The Kier molecular flexibility index (Phi) is 7.40. The van der Waals surface area contributed by atoms with Gasteiger partial charge in [-0.3, -0.25) is 9.69 Å². The van der Waals surface area contributed by atoms with Gasteiger partial charge in [0.25, 0.3) is 0 Å². The highest BCUT2D eigenvalue weighted by atomic mass is 16.5. The van der Waals surface area contributed by atoms with E-state index in [0.717, 1.165) is 55.7 Å². The Bertz CT molecular complexity index is 1060. The highest BCUT2D eigenvalue weighted by Gasteiger charge is 2.27. The molecule has 1 aliphatic rings. The monoisotopic (exact) mass is 447 g/mol. The van der Waals surface area contributed by atoms with Gasteiger partial charge in [0.15, 0.2) is 5.82 Å². The first-order valence-corrected chi connectivity index (χ1v) is 11.8. The first-order chi connectivity index (χ1) is 16.0. The number of carbonyl (C=O) groups excluding carboxylic acids is 1. The maximum atomic E-state index is 12.1. The van der Waals surface area contributed by atoms with Gasteiger partial charge in [-0.15, -0.1) is 10.2 Å². The summed E-state index contributed by atoms with van der Waals surface area (Å²) in [4.78, 5) is 14.5. The second-order valence-electron chi connectivity index (χ2n) is 8.86. The van der Waals surface area contributed by atoms with Crippen LogP contribution in [0.5, 0.6) is 11.5 Å². The molecule has 1 aliphatic heterocycles. The predicted molar refractivity (Wildman–Crippen MR) is 128 cm³/mol. The van der Waals surface area contributed by atoms with E-state index in [2.05, 4.69) is 51.0 Å². The molecule has 174 valence electrons. The van der Waals surface area contributed by atoms with Crippen LogP contribution in [0.2, 0.25) is 0 Å². The zero-order valence-electron chi connectivity index (χ0n) is 19.7. The molecule has 0 fully saturated rings. The first kappa shape index (κ1) is 23.0. The van der Waals surface area contributed by atoms with E-state index in [1.54, 1.807) is 0 Å². The number of amides is 1. The van der Waals surface area contributed by atoms with Crippen molar-refractivity contribution in [1.29, 1.82) is 0 Å². The fourth-order valence-electron chi connectivity index (χ4n) is 4.17. The molecule has 0 radical (unpaired) electrons. The number of rotatable bonds is 8. The third-order valence-electron chi connectivity index (χ3n) is 6.01. The molecule has 7 heteroatoms. The van der Waals surface area contributed by atoms with Gasteiger partial charge in [-0.25, -0.2) is 0 Å². The van der Waals surface area contributed by atoms with E-state index in [9.17, 15) is 4.79 Å². The number of hydrogen-bond acceptors (Lipinski definition) is 5. The maximum Gasteiger partial charge on any atom is 0.220 e. The predicted octanol–water partition coefficient (Wildman–Crippen LogP) is 4.35. The third-order valence-corrected chi connectivity index (χ3v) is 6.01. The Morgan fingerprint density at radius 3 is 2.58 bits per heavy atom. The van der Waals surface area contributed by atoms with Gasteiger partial charge in [0, 0.05) is 39.0 Å². The zero-order valence-corrected chi connectivity index (χ0v) is 19.7. The van der Waals surface area contributed by atoms with Crippen molar-refractivity contribution < 1.29 is 9.53 Å². The molecule has 0 bridgehead atoms. The van der Waals surface area contributed by atoms with Crippen LogP contribution in [-0.2, 0) is 24.3 Å². The van der Waals surface area contributed by atoms with E-state index in [0.29, 0.717) is 6.42 Å². The molecule has 2 heterocycles. The van der Waals surface area contributed by atoms with E-state index >= 15 is 0 Å². The number of hydrogen-bond donors (Lipinski definition) is 1. The lowest BCUT2D eigenvalue weighted by atomic mass is 10.0. The van der Waals surface area contributed by atoms with E-state index in [1.807, 2.05) is 49.4 Å². The van der Waals surface area contributed by atoms with E-state index in [1.165, 1.54) is 5.56 Å². The number of carbonyl (C=O) groups is 1. The largest absolute Gasteiger partial charge is 0.457 e. The summed E-state index contributed by atoms with van der Waals surface area (Å²) in [6.07, 6.45) is 1.30. The van der Waals surface area contributed by atoms with Gasteiger partial charge >= 0.3 is 0 Å². The van der Waals surface area contributed by atoms with Crippen molar-refractivity contribution in [3.8, 4) is 11.5 Å². The van der Waals surface area contributed by atoms with Crippen molar-refractivity contribution >= 4 is 5.91 Å². The Hall–Kier alpha value is -3.19. The smallest absolute Gasteiger partial charge is 0.220 e. The quantitative estimate of drug-likeness (QED) is 0.556. The van der Waals surface area contributed by atoms with E-state index < -0.39 is 0 Å². The lowest BCUT2D eigenvalue weighted by Gasteiger charge is -2.23. The van der Waals surface area contributed by atoms with Crippen LogP contribution in [0.25, 0.3) is 0 Å². The molecule has 33 heavy (non-hydrogen) atoms. The summed E-state index contributed by atoms with van der Waals surface area (Å²) in [6.45, 7) is 9.55. The van der Waals surface area contributed by atoms with Crippen LogP contribution >= 0.6 is 0 Å². The second-order valence-corrected chi connectivity index (χ2v) is 8.86. The average Bonchev–Trinajstić information content (AvgIpc) is 3.11. The summed E-state index contributed by atoms with van der Waals surface area (Å²) in [5, 5.41) is 12.1. The molecule has 1 aromatic heterocycles. The number of ether oxygens (including phenoxy) is 1. The van der Waals surface area contributed by atoms with Crippen molar-refractivity contribution in [1.82, 2.24) is 25.0 Å². The minimum absolute atomic E-state index is 0.0406. The SMILES string of the molecule is CCC(=O)NC(c1nnc2n1CCN(Cc1cccc(Oc3ccccc3)c1)CC2)C(C)C. The topological polar surface area (TPSA) is 72.3 Å². The maximum absolute atomic E-state index is 12.1. The van der Waals surface area contributed by atoms with Gasteiger partial charge in [-0.2, -0.15) is 0 Å². The standard InChI is InChI=1S/C26H33N5O2/c1-4-24(32)27-25(19(2)3)26-29-28-23-13-14-30(15-16-31(23)26)18-20-9-8-12-22(17-20)33-21-10-6-5-7-11-21/h5-12,17,19,25H,4,13-16,18H2,1-3H3,(H,27,32). The lowest BCUT2D eigenvalue weighted by molar-refractivity contribution is -0.121. The van der Waals surface area contributed by atoms with Gasteiger partial charge in [0.05, 0.1) is 6.04 Å². The minimum atomic E-state index is -0.128. The molecule has 0 spiro atoms. The number of para-hydroxylation sites is 1. The summed E-state index contributed by atoms with van der Waals surface area (Å²) >= 11 is 0. The Labute approximate surface area is 195 Å². The molecule has 4 rings (SSSR count). The van der Waals surface area contributed by atoms with Crippen molar-refractivity contribution in [3.63, 3.8) is 0 Å². The molecular weight excluding hydrogens is 414 g/mol. The summed E-state index contributed by atoms with van der Waals surface area (Å²) in [7, 11) is 0. The molecular formula is C26H33N5O2. The van der Waals surface area contributed by atoms with Crippen LogP contribution in [0.1, 0.15) is 50.4 Å². The van der Waals surface area contributed by atoms with Crippen molar-refractivity contribution in [3.05, 3.63) is 71.8 Å². The Morgan fingerprint density at radius 1 is 1.03 bits per heavy atom. The summed E-state index contributed by atoms with van der Waals surface area (Å²) in [5.41, 5.74) is 1.22. The van der Waals surface area contributed by atoms with Crippen LogP contribution in [0.3, 0.4) is 0 Å². The fraction of sp³-hybridized carbons (Fsp3) is 0.423. The van der Waals surface area contributed by atoms with E-state index in [4.69, 9.17) is 4.74 Å². The molecule has 1 unspecified atom stereocenters. The molecule has 1 atom stereocenters. The van der Waals surface area contributed by atoms with Crippen LogP contribution < -0.4 is 10.1 Å². The molecule has 3 aromatic rings. The van der Waals surface area contributed by atoms with Crippen molar-refractivity contribution in [2.75, 3.05) is 13.1 Å². The van der Waals surface area contributed by atoms with Crippen molar-refractivity contribution in [2.24, 2.45) is 5.92 Å². The lowest BCUT2D eigenvalue weighted by Crippen LogP contribution is -2.34. The molecule has 1 N–H and O–H groups in total. The molecule has 0 saturated heterocycles. The van der Waals surface area contributed by atoms with Crippen molar-refractivity contribution in [2.45, 2.75) is 52.7 Å². The van der Waals surface area contributed by atoms with Gasteiger partial charge in [0.1, 0.15) is 17.3 Å². The fourth-order valence-corrected chi connectivity index (χ4v) is 4.17. The first-order valence-electron chi connectivity index (χ1n) is 11.8. The van der Waals surface area contributed by atoms with Gasteiger partial charge in [0.2, 0.25) is 5.91 Å². The molecule has 2 aromatic carbocycles. The Balaban J connectivity index is 1.43. The van der Waals surface area contributed by atoms with Gasteiger partial charge < -0.3 is 14.6 Å². The number of aromatic nitrogens is 3. The zero-order chi connectivity index (χ0) is 23.2. The van der Waals surface area contributed by atoms with E-state index in [-0.39, 0.29) is 17.9 Å². The number of fused-ring (bicyclic) bond motifs is 1. The summed E-state index contributed by atoms with van der Waals surface area (Å²) < 4.78 is 8.21. The summed E-state index contributed by atoms with van der Waals surface area (Å²) in [6, 6.07) is 18.0. The Morgan fingerprint density at radius 2 is 1.82 bits per heavy atom. The molecule has 0 aliphatic carbocycles. The molecule has 0 saturated carbocycles. The van der Waals surface area contributed by atoms with Crippen LogP contribution in [0.4, 0.5) is 0 Å². The molecule has 1 amide bonds. The highest BCUT2D eigenvalue weighted by molar-refractivity contribution is 5.75. The normalized spacial score (nSPS) is 15.0. The molecule has 7 nitrogen and oxygen atoms in total. The second kappa shape index (κ2) is 10.6. The average molecular weight is 448 g/mol. The summed E-state index contributed by atoms with van der Waals surface area (Å²) in [5.74, 6) is 3.82. The van der Waals surface area contributed by atoms with Gasteiger partial charge in [-0.05, 0) is 35.7 Å². The number of nitrogens with one attached hydrogen (secondary N) is 1. The van der Waals surface area contributed by atoms with Crippen LogP contribution in [-0.4, -0.2) is 38.7 Å². The van der Waals surface area contributed by atoms with Crippen LogP contribution in [0, 0.1) is 5.92 Å². The number of nitrogens with zero attached hydrogens (tertiary/aromatic N) is 4. The third kappa shape index (κ3) is 5.79.